The Morgan fingerprint density at radius 1 is 1.12 bits per heavy atom. The minimum Gasteiger partial charge on any atom is -0.397 e. The quantitative estimate of drug-likeness (QED) is 0.482. The van der Waals surface area contributed by atoms with Crippen LogP contribution in [-0.4, -0.2) is 9.97 Å². The van der Waals surface area contributed by atoms with Crippen LogP contribution in [0.1, 0.15) is 44.9 Å². The van der Waals surface area contributed by atoms with E-state index in [1.807, 2.05) is 30.3 Å². The van der Waals surface area contributed by atoms with Crippen LogP contribution in [0.5, 0.6) is 0 Å². The standard InChI is InChI=1S/C21H29N5/c1-14-6-8-15(9-7-14)17-12-16(17)13-20-24-11-10-21(25-20)26(23)19-5-3-2-4-18(19)22/h2-5,10-11,14-17H,6-9,12-13,22-23H2,1H3. The fraction of sp³-hybridized carbons (Fsp3) is 0.524. The lowest BCUT2D eigenvalue weighted by molar-refractivity contribution is 0.256. The zero-order valence-electron chi connectivity index (χ0n) is 15.5. The van der Waals surface area contributed by atoms with Gasteiger partial charge in [0.05, 0.1) is 11.4 Å². The molecule has 2 unspecified atom stereocenters. The van der Waals surface area contributed by atoms with E-state index in [0.29, 0.717) is 11.5 Å². The number of hydrazine groups is 1. The second kappa shape index (κ2) is 7.23. The van der Waals surface area contributed by atoms with Crippen molar-refractivity contribution in [1.82, 2.24) is 9.97 Å². The van der Waals surface area contributed by atoms with E-state index < -0.39 is 0 Å². The summed E-state index contributed by atoms with van der Waals surface area (Å²) in [5, 5.41) is 1.55. The van der Waals surface area contributed by atoms with Gasteiger partial charge in [-0.2, -0.15) is 0 Å². The Morgan fingerprint density at radius 2 is 1.88 bits per heavy atom. The van der Waals surface area contributed by atoms with Gasteiger partial charge in [0.25, 0.3) is 0 Å². The van der Waals surface area contributed by atoms with Gasteiger partial charge < -0.3 is 5.73 Å². The van der Waals surface area contributed by atoms with Crippen LogP contribution in [0.3, 0.4) is 0 Å². The lowest BCUT2D eigenvalue weighted by Gasteiger charge is -2.26. The van der Waals surface area contributed by atoms with Gasteiger partial charge in [-0.3, -0.25) is 5.01 Å². The molecule has 0 saturated heterocycles. The zero-order chi connectivity index (χ0) is 18.1. The largest absolute Gasteiger partial charge is 0.397 e. The smallest absolute Gasteiger partial charge is 0.151 e. The Hall–Kier alpha value is -2.14. The molecule has 0 bridgehead atoms. The van der Waals surface area contributed by atoms with E-state index in [1.54, 1.807) is 11.2 Å². The zero-order valence-corrected chi connectivity index (χ0v) is 15.5. The maximum absolute atomic E-state index is 6.25. The first kappa shape index (κ1) is 17.3. The van der Waals surface area contributed by atoms with E-state index in [9.17, 15) is 0 Å². The van der Waals surface area contributed by atoms with E-state index in [1.165, 1.54) is 32.1 Å². The van der Waals surface area contributed by atoms with Crippen LogP contribution in [0.25, 0.3) is 0 Å². The summed E-state index contributed by atoms with van der Waals surface area (Å²) in [6, 6.07) is 9.41. The second-order valence-electron chi connectivity index (χ2n) is 8.14. The van der Waals surface area contributed by atoms with Crippen LogP contribution in [0.15, 0.2) is 36.5 Å². The Morgan fingerprint density at radius 3 is 2.65 bits per heavy atom. The van der Waals surface area contributed by atoms with Gasteiger partial charge in [-0.05, 0) is 55.1 Å². The van der Waals surface area contributed by atoms with Crippen molar-refractivity contribution in [3.63, 3.8) is 0 Å². The molecule has 2 aromatic rings. The van der Waals surface area contributed by atoms with Crippen LogP contribution in [0.4, 0.5) is 17.2 Å². The van der Waals surface area contributed by atoms with Crippen LogP contribution >= 0.6 is 0 Å². The average Bonchev–Trinajstić information content (AvgIpc) is 3.41. The van der Waals surface area contributed by atoms with Crippen LogP contribution < -0.4 is 16.6 Å². The molecule has 2 saturated carbocycles. The summed E-state index contributed by atoms with van der Waals surface area (Å²) in [7, 11) is 0. The molecule has 4 N–H and O–H groups in total. The molecular weight excluding hydrogens is 322 g/mol. The normalized spacial score (nSPS) is 27.9. The van der Waals surface area contributed by atoms with Gasteiger partial charge in [-0.15, -0.1) is 0 Å². The van der Waals surface area contributed by atoms with Gasteiger partial charge in [-0.1, -0.05) is 31.9 Å². The average molecular weight is 351 g/mol. The molecule has 26 heavy (non-hydrogen) atoms. The highest BCUT2D eigenvalue weighted by molar-refractivity contribution is 5.72. The number of anilines is 3. The number of hydrogen-bond donors (Lipinski definition) is 2. The van der Waals surface area contributed by atoms with Gasteiger partial charge in [0.15, 0.2) is 5.82 Å². The van der Waals surface area contributed by atoms with Gasteiger partial charge in [0.2, 0.25) is 0 Å². The molecule has 0 amide bonds. The van der Waals surface area contributed by atoms with Gasteiger partial charge in [0.1, 0.15) is 5.82 Å². The van der Waals surface area contributed by atoms with Crippen LogP contribution in [0, 0.1) is 23.7 Å². The van der Waals surface area contributed by atoms with Crippen molar-refractivity contribution < 1.29 is 0 Å². The second-order valence-corrected chi connectivity index (χ2v) is 8.14. The van der Waals surface area contributed by atoms with Gasteiger partial charge in [-0.25, -0.2) is 15.8 Å². The molecule has 0 spiro atoms. The van der Waals surface area contributed by atoms with Crippen molar-refractivity contribution in [2.75, 3.05) is 10.7 Å². The number of hydrogen-bond acceptors (Lipinski definition) is 5. The molecule has 0 radical (unpaired) electrons. The summed E-state index contributed by atoms with van der Waals surface area (Å²) in [5.74, 6) is 11.3. The van der Waals surface area contributed by atoms with Crippen molar-refractivity contribution in [1.29, 1.82) is 0 Å². The molecule has 2 aliphatic rings. The molecule has 2 aliphatic carbocycles. The Labute approximate surface area is 155 Å². The first-order chi connectivity index (χ1) is 12.6. The number of rotatable bonds is 5. The SMILES string of the molecule is CC1CCC(C2CC2Cc2nccc(N(N)c3ccccc3N)n2)CC1. The predicted molar refractivity (Wildman–Crippen MR) is 106 cm³/mol. The van der Waals surface area contributed by atoms with Crippen molar-refractivity contribution in [2.24, 2.45) is 29.5 Å². The molecule has 1 aromatic carbocycles. The third-order valence-electron chi connectivity index (χ3n) is 6.22. The van der Waals surface area contributed by atoms with Crippen molar-refractivity contribution >= 4 is 17.2 Å². The maximum atomic E-state index is 6.25. The minimum atomic E-state index is 0.643. The Bertz CT molecular complexity index is 754. The van der Waals surface area contributed by atoms with E-state index in [2.05, 4.69) is 11.9 Å². The van der Waals surface area contributed by atoms with Crippen molar-refractivity contribution in [2.45, 2.75) is 45.4 Å². The predicted octanol–water partition coefficient (Wildman–Crippen LogP) is 4.08. The number of nitrogen functional groups attached to an aromatic ring is 1. The highest BCUT2D eigenvalue weighted by Gasteiger charge is 2.43. The molecule has 1 heterocycles. The van der Waals surface area contributed by atoms with E-state index >= 15 is 0 Å². The van der Waals surface area contributed by atoms with Crippen molar-refractivity contribution in [3.05, 3.63) is 42.4 Å². The molecule has 1 aromatic heterocycles. The molecular formula is C21H29N5. The lowest BCUT2D eigenvalue weighted by Crippen LogP contribution is -2.27. The Balaban J connectivity index is 1.40. The Kier molecular flexibility index (Phi) is 4.81. The van der Waals surface area contributed by atoms with Crippen LogP contribution in [0.2, 0.25) is 0 Å². The van der Waals surface area contributed by atoms with E-state index in [0.717, 1.165) is 41.6 Å². The fourth-order valence-corrected chi connectivity index (χ4v) is 4.48. The summed E-state index contributed by atoms with van der Waals surface area (Å²) in [4.78, 5) is 9.18. The highest BCUT2D eigenvalue weighted by atomic mass is 15.4. The first-order valence-corrected chi connectivity index (χ1v) is 9.83. The lowest BCUT2D eigenvalue weighted by atomic mass is 9.80. The molecule has 0 aliphatic heterocycles. The summed E-state index contributed by atoms with van der Waals surface area (Å²) in [6.45, 7) is 2.39. The molecule has 5 nitrogen and oxygen atoms in total. The maximum Gasteiger partial charge on any atom is 0.151 e. The highest BCUT2D eigenvalue weighted by Crippen LogP contribution is 2.51. The van der Waals surface area contributed by atoms with Gasteiger partial charge in [0, 0.05) is 18.7 Å². The topological polar surface area (TPSA) is 81.1 Å². The summed E-state index contributed by atoms with van der Waals surface area (Å²) in [6.07, 6.45) is 9.73. The summed E-state index contributed by atoms with van der Waals surface area (Å²) in [5.41, 5.74) is 7.44. The minimum absolute atomic E-state index is 0.643. The van der Waals surface area contributed by atoms with E-state index in [-0.39, 0.29) is 0 Å². The number of nitrogens with zero attached hydrogens (tertiary/aromatic N) is 3. The first-order valence-electron chi connectivity index (χ1n) is 9.83. The summed E-state index contributed by atoms with van der Waals surface area (Å²) >= 11 is 0. The molecule has 138 valence electrons. The van der Waals surface area contributed by atoms with Crippen molar-refractivity contribution in [3.8, 4) is 0 Å². The fourth-order valence-electron chi connectivity index (χ4n) is 4.48. The monoisotopic (exact) mass is 351 g/mol. The number of para-hydroxylation sites is 2. The molecule has 2 fully saturated rings. The molecule has 4 rings (SSSR count). The third-order valence-corrected chi connectivity index (χ3v) is 6.22. The number of nitrogens with two attached hydrogens (primary N) is 2. The van der Waals surface area contributed by atoms with Crippen LogP contribution in [-0.2, 0) is 6.42 Å². The molecule has 2 atom stereocenters. The summed E-state index contributed by atoms with van der Waals surface area (Å²) < 4.78 is 0. The van der Waals surface area contributed by atoms with Gasteiger partial charge >= 0.3 is 0 Å². The number of aromatic nitrogens is 2. The number of benzene rings is 1. The third kappa shape index (κ3) is 3.68. The van der Waals surface area contributed by atoms with E-state index in [4.69, 9.17) is 16.6 Å². The molecule has 5 heteroatoms.